The van der Waals surface area contributed by atoms with Gasteiger partial charge >= 0.3 is 0 Å². The zero-order valence-electron chi connectivity index (χ0n) is 18.1. The van der Waals surface area contributed by atoms with Crippen molar-refractivity contribution in [1.82, 2.24) is 9.97 Å². The average Bonchev–Trinajstić information content (AvgIpc) is 3.24. The summed E-state index contributed by atoms with van der Waals surface area (Å²) in [5.41, 5.74) is 3.47. The molecule has 164 valence electrons. The Kier molecular flexibility index (Phi) is 5.30. The standard InChI is InChI=1S/C24H30N4O3/c1-2-28(18-9-7-17(8-10-18)24(22(29)30)11-4-12-24)21-19-5-3-6-20(19)25-23(26-21)27-13-15-31-16-14-27/h7-10H,2-6,11-16H2,1H3,(H,29,30)/p-1. The van der Waals surface area contributed by atoms with Gasteiger partial charge in [-0.15, -0.1) is 0 Å². The van der Waals surface area contributed by atoms with Crippen LogP contribution in [0.1, 0.15) is 49.4 Å². The molecule has 0 unspecified atom stereocenters. The van der Waals surface area contributed by atoms with Gasteiger partial charge in [0.05, 0.1) is 24.9 Å². The second-order valence-corrected chi connectivity index (χ2v) is 8.74. The molecule has 0 bridgehead atoms. The first kappa shape index (κ1) is 20.2. The molecule has 0 amide bonds. The molecule has 7 heteroatoms. The molecule has 0 atom stereocenters. The van der Waals surface area contributed by atoms with Crippen LogP contribution in [0.15, 0.2) is 24.3 Å². The number of carbonyl (C=O) groups excluding carboxylic acids is 1. The Bertz CT molecular complexity index is 966. The van der Waals surface area contributed by atoms with E-state index in [2.05, 4.69) is 16.7 Å². The molecular weight excluding hydrogens is 392 g/mol. The van der Waals surface area contributed by atoms with Crippen LogP contribution in [0.4, 0.5) is 17.5 Å². The number of hydrogen-bond acceptors (Lipinski definition) is 7. The number of carbonyl (C=O) groups is 1. The number of nitrogens with zero attached hydrogens (tertiary/aromatic N) is 4. The van der Waals surface area contributed by atoms with E-state index < -0.39 is 11.4 Å². The van der Waals surface area contributed by atoms with Gasteiger partial charge in [0.2, 0.25) is 5.95 Å². The van der Waals surface area contributed by atoms with E-state index in [-0.39, 0.29) is 0 Å². The molecule has 1 saturated carbocycles. The summed E-state index contributed by atoms with van der Waals surface area (Å²) in [7, 11) is 0. The fourth-order valence-electron chi connectivity index (χ4n) is 5.08. The third-order valence-corrected chi connectivity index (χ3v) is 7.09. The van der Waals surface area contributed by atoms with Crippen molar-refractivity contribution < 1.29 is 14.6 Å². The normalized spacial score (nSPS) is 19.6. The van der Waals surface area contributed by atoms with Crippen molar-refractivity contribution in [2.75, 3.05) is 42.6 Å². The Hall–Kier alpha value is -2.67. The van der Waals surface area contributed by atoms with Gasteiger partial charge in [-0.3, -0.25) is 0 Å². The van der Waals surface area contributed by atoms with Gasteiger partial charge in [0.25, 0.3) is 0 Å². The van der Waals surface area contributed by atoms with Gasteiger partial charge < -0.3 is 24.4 Å². The average molecular weight is 422 g/mol. The van der Waals surface area contributed by atoms with Gasteiger partial charge in [0, 0.05) is 36.3 Å². The molecule has 2 heterocycles. The van der Waals surface area contributed by atoms with Crippen LogP contribution in [0.2, 0.25) is 0 Å². The number of rotatable bonds is 6. The Morgan fingerprint density at radius 2 is 1.87 bits per heavy atom. The van der Waals surface area contributed by atoms with Gasteiger partial charge in [-0.05, 0) is 56.7 Å². The molecule has 0 radical (unpaired) electrons. The van der Waals surface area contributed by atoms with Crippen LogP contribution in [0.3, 0.4) is 0 Å². The van der Waals surface area contributed by atoms with Gasteiger partial charge in [0.1, 0.15) is 5.82 Å². The molecule has 1 aromatic carbocycles. The molecule has 0 spiro atoms. The largest absolute Gasteiger partial charge is 0.549 e. The number of anilines is 3. The number of hydrogen-bond donors (Lipinski definition) is 0. The van der Waals surface area contributed by atoms with E-state index in [9.17, 15) is 9.90 Å². The zero-order chi connectivity index (χ0) is 21.4. The minimum Gasteiger partial charge on any atom is -0.549 e. The van der Waals surface area contributed by atoms with E-state index in [0.29, 0.717) is 26.1 Å². The second-order valence-electron chi connectivity index (χ2n) is 8.74. The first-order valence-electron chi connectivity index (χ1n) is 11.4. The Balaban J connectivity index is 1.49. The van der Waals surface area contributed by atoms with Crippen molar-refractivity contribution in [2.24, 2.45) is 0 Å². The van der Waals surface area contributed by atoms with E-state index in [4.69, 9.17) is 14.7 Å². The summed E-state index contributed by atoms with van der Waals surface area (Å²) in [5, 5.41) is 11.8. The van der Waals surface area contributed by atoms with Gasteiger partial charge in [-0.25, -0.2) is 4.98 Å². The van der Waals surface area contributed by atoms with Crippen LogP contribution in [0, 0.1) is 0 Å². The molecule has 0 N–H and O–H groups in total. The van der Waals surface area contributed by atoms with Gasteiger partial charge in [-0.2, -0.15) is 4.98 Å². The molecule has 7 nitrogen and oxygen atoms in total. The number of carboxylic acid groups (broad SMARTS) is 1. The summed E-state index contributed by atoms with van der Waals surface area (Å²) in [4.78, 5) is 26.1. The van der Waals surface area contributed by atoms with Gasteiger partial charge in [-0.1, -0.05) is 18.6 Å². The number of aromatic nitrogens is 2. The van der Waals surface area contributed by atoms with E-state index in [0.717, 1.165) is 74.0 Å². The van der Waals surface area contributed by atoms with E-state index in [1.54, 1.807) is 0 Å². The molecule has 1 aromatic heterocycles. The first-order chi connectivity index (χ1) is 15.1. The topological polar surface area (TPSA) is 81.6 Å². The van der Waals surface area contributed by atoms with Crippen LogP contribution in [0.25, 0.3) is 0 Å². The first-order valence-corrected chi connectivity index (χ1v) is 11.4. The predicted octanol–water partition coefficient (Wildman–Crippen LogP) is 2.13. The number of carboxylic acids is 1. The second kappa shape index (κ2) is 8.11. The van der Waals surface area contributed by atoms with Crippen LogP contribution >= 0.6 is 0 Å². The highest BCUT2D eigenvalue weighted by Gasteiger charge is 2.40. The maximum Gasteiger partial charge on any atom is 0.227 e. The minimum atomic E-state index is -0.956. The number of benzene rings is 1. The third kappa shape index (κ3) is 3.45. The number of aryl methyl sites for hydroxylation is 1. The molecule has 1 aliphatic heterocycles. The summed E-state index contributed by atoms with van der Waals surface area (Å²) in [6.07, 6.45) is 5.36. The number of fused-ring (bicyclic) bond motifs is 1. The minimum absolute atomic E-state index is 0.661. The molecule has 1 saturated heterocycles. The summed E-state index contributed by atoms with van der Waals surface area (Å²) < 4.78 is 5.50. The smallest absolute Gasteiger partial charge is 0.227 e. The van der Waals surface area contributed by atoms with Crippen LogP contribution < -0.4 is 14.9 Å². The molecule has 2 aliphatic carbocycles. The fourth-order valence-corrected chi connectivity index (χ4v) is 5.08. The summed E-state index contributed by atoms with van der Waals surface area (Å²) in [6, 6.07) is 7.97. The third-order valence-electron chi connectivity index (χ3n) is 7.09. The van der Waals surface area contributed by atoms with Crippen molar-refractivity contribution in [2.45, 2.75) is 50.9 Å². The van der Waals surface area contributed by atoms with E-state index in [1.165, 1.54) is 5.56 Å². The zero-order valence-corrected chi connectivity index (χ0v) is 18.1. The maximum absolute atomic E-state index is 11.8. The lowest BCUT2D eigenvalue weighted by Crippen LogP contribution is -2.50. The quantitative estimate of drug-likeness (QED) is 0.707. The van der Waals surface area contributed by atoms with Crippen molar-refractivity contribution in [3.05, 3.63) is 41.1 Å². The summed E-state index contributed by atoms with van der Waals surface area (Å²) >= 11 is 0. The maximum atomic E-state index is 11.8. The molecule has 5 rings (SSSR count). The number of morpholine rings is 1. The number of ether oxygens (including phenoxy) is 1. The molecule has 31 heavy (non-hydrogen) atoms. The lowest BCUT2D eigenvalue weighted by atomic mass is 9.64. The highest BCUT2D eigenvalue weighted by atomic mass is 16.5. The van der Waals surface area contributed by atoms with E-state index in [1.807, 2.05) is 24.3 Å². The van der Waals surface area contributed by atoms with Crippen molar-refractivity contribution >= 4 is 23.4 Å². The lowest BCUT2D eigenvalue weighted by molar-refractivity contribution is -0.317. The van der Waals surface area contributed by atoms with E-state index >= 15 is 0 Å². The van der Waals surface area contributed by atoms with Crippen molar-refractivity contribution in [1.29, 1.82) is 0 Å². The van der Waals surface area contributed by atoms with Gasteiger partial charge in [0.15, 0.2) is 0 Å². The van der Waals surface area contributed by atoms with Crippen molar-refractivity contribution in [3.63, 3.8) is 0 Å². The van der Waals surface area contributed by atoms with Crippen molar-refractivity contribution in [3.8, 4) is 0 Å². The Morgan fingerprint density at radius 1 is 1.13 bits per heavy atom. The lowest BCUT2D eigenvalue weighted by Gasteiger charge is -2.43. The fraction of sp³-hybridized carbons (Fsp3) is 0.542. The molecular formula is C24H29N4O3-. The Labute approximate surface area is 183 Å². The molecule has 2 aromatic rings. The SMILES string of the molecule is CCN(c1ccc(C2(C(=O)[O-])CCC2)cc1)c1nc(N2CCOCC2)nc2c1CCC2. The van der Waals surface area contributed by atoms with Crippen LogP contribution in [0.5, 0.6) is 0 Å². The Morgan fingerprint density at radius 3 is 2.48 bits per heavy atom. The predicted molar refractivity (Wildman–Crippen MR) is 117 cm³/mol. The highest BCUT2D eigenvalue weighted by Crippen LogP contribution is 2.44. The summed E-state index contributed by atoms with van der Waals surface area (Å²) in [6.45, 7) is 5.93. The highest BCUT2D eigenvalue weighted by molar-refractivity contribution is 5.81. The monoisotopic (exact) mass is 421 g/mol. The summed E-state index contributed by atoms with van der Waals surface area (Å²) in [5.74, 6) is 0.819. The van der Waals surface area contributed by atoms with Crippen LogP contribution in [-0.2, 0) is 27.8 Å². The van der Waals surface area contributed by atoms with Crippen LogP contribution in [-0.4, -0.2) is 48.8 Å². The molecule has 3 aliphatic rings. The molecule has 2 fully saturated rings. The number of aliphatic carboxylic acids is 1.